The first kappa shape index (κ1) is 18.1. The maximum Gasteiger partial charge on any atom is 0.258 e. The Hall–Kier alpha value is -1.72. The van der Waals surface area contributed by atoms with Crippen LogP contribution in [-0.2, 0) is 4.79 Å². The van der Waals surface area contributed by atoms with Crippen LogP contribution in [-0.4, -0.2) is 18.1 Å². The Balaban J connectivity index is 1.66. The molecule has 1 heterocycles. The SMILES string of the molecule is CC1(C)C[C@H](NC(=O)COc2ccc(Br)cc2Cl)c2ccccc2O1. The zero-order valence-corrected chi connectivity index (χ0v) is 16.4. The molecule has 4 nitrogen and oxygen atoms in total. The molecule has 0 saturated carbocycles. The fourth-order valence-electron chi connectivity index (χ4n) is 2.90. The molecule has 0 radical (unpaired) electrons. The second kappa shape index (κ2) is 7.26. The molecule has 2 aromatic carbocycles. The monoisotopic (exact) mass is 423 g/mol. The summed E-state index contributed by atoms with van der Waals surface area (Å²) in [7, 11) is 0. The zero-order chi connectivity index (χ0) is 18.0. The summed E-state index contributed by atoms with van der Waals surface area (Å²) >= 11 is 9.44. The van der Waals surface area contributed by atoms with Crippen LogP contribution in [0.25, 0.3) is 0 Å². The highest BCUT2D eigenvalue weighted by Gasteiger charge is 2.34. The smallest absolute Gasteiger partial charge is 0.258 e. The Morgan fingerprint density at radius 3 is 2.88 bits per heavy atom. The summed E-state index contributed by atoms with van der Waals surface area (Å²) in [5, 5.41) is 3.49. The van der Waals surface area contributed by atoms with E-state index in [9.17, 15) is 4.79 Å². The van der Waals surface area contributed by atoms with E-state index in [4.69, 9.17) is 21.1 Å². The molecule has 1 N–H and O–H groups in total. The molecule has 0 unspecified atom stereocenters. The van der Waals surface area contributed by atoms with Crippen molar-refractivity contribution in [1.29, 1.82) is 0 Å². The molecule has 1 aliphatic rings. The summed E-state index contributed by atoms with van der Waals surface area (Å²) in [6.07, 6.45) is 0.689. The van der Waals surface area contributed by atoms with Crippen molar-refractivity contribution in [1.82, 2.24) is 5.32 Å². The lowest BCUT2D eigenvalue weighted by atomic mass is 9.90. The van der Waals surface area contributed by atoms with Gasteiger partial charge in [-0.25, -0.2) is 0 Å². The van der Waals surface area contributed by atoms with Crippen LogP contribution in [0.3, 0.4) is 0 Å². The Kier molecular flexibility index (Phi) is 5.25. The Morgan fingerprint density at radius 2 is 2.12 bits per heavy atom. The van der Waals surface area contributed by atoms with E-state index in [0.717, 1.165) is 15.8 Å². The van der Waals surface area contributed by atoms with Crippen molar-refractivity contribution >= 4 is 33.4 Å². The van der Waals surface area contributed by atoms with E-state index in [2.05, 4.69) is 21.2 Å². The van der Waals surface area contributed by atoms with E-state index in [0.29, 0.717) is 17.2 Å². The molecule has 6 heteroatoms. The molecule has 132 valence electrons. The van der Waals surface area contributed by atoms with Gasteiger partial charge in [0.1, 0.15) is 17.1 Å². The largest absolute Gasteiger partial charge is 0.487 e. The van der Waals surface area contributed by atoms with Crippen molar-refractivity contribution in [3.63, 3.8) is 0 Å². The van der Waals surface area contributed by atoms with E-state index < -0.39 is 0 Å². The van der Waals surface area contributed by atoms with Gasteiger partial charge in [-0.1, -0.05) is 45.7 Å². The van der Waals surface area contributed by atoms with E-state index in [-0.39, 0.29) is 24.2 Å². The van der Waals surface area contributed by atoms with Gasteiger partial charge in [-0.05, 0) is 38.1 Å². The van der Waals surface area contributed by atoms with E-state index in [1.54, 1.807) is 12.1 Å². The van der Waals surface area contributed by atoms with Crippen LogP contribution in [0.2, 0.25) is 5.02 Å². The first-order chi connectivity index (χ1) is 11.8. The minimum absolute atomic E-state index is 0.0959. The third-order valence-electron chi connectivity index (χ3n) is 3.96. The Morgan fingerprint density at radius 1 is 1.36 bits per heavy atom. The lowest BCUT2D eigenvalue weighted by Gasteiger charge is -2.37. The highest BCUT2D eigenvalue weighted by atomic mass is 79.9. The fourth-order valence-corrected chi connectivity index (χ4v) is 3.63. The molecule has 1 aliphatic heterocycles. The van der Waals surface area contributed by atoms with Gasteiger partial charge in [0.2, 0.25) is 0 Å². The first-order valence-electron chi connectivity index (χ1n) is 7.99. The van der Waals surface area contributed by atoms with Gasteiger partial charge >= 0.3 is 0 Å². The van der Waals surface area contributed by atoms with Crippen LogP contribution < -0.4 is 14.8 Å². The van der Waals surface area contributed by atoms with Crippen molar-refractivity contribution in [3.05, 3.63) is 57.5 Å². The molecule has 0 spiro atoms. The van der Waals surface area contributed by atoms with Crippen LogP contribution in [0, 0.1) is 0 Å². The lowest BCUT2D eigenvalue weighted by molar-refractivity contribution is -0.124. The number of para-hydroxylation sites is 1. The van der Waals surface area contributed by atoms with Crippen molar-refractivity contribution in [2.24, 2.45) is 0 Å². The van der Waals surface area contributed by atoms with Gasteiger partial charge in [0.15, 0.2) is 6.61 Å². The second-order valence-corrected chi connectivity index (χ2v) is 7.91. The van der Waals surface area contributed by atoms with E-state index in [1.807, 2.05) is 44.2 Å². The van der Waals surface area contributed by atoms with Gasteiger partial charge in [-0.15, -0.1) is 0 Å². The number of carbonyl (C=O) groups is 1. The first-order valence-corrected chi connectivity index (χ1v) is 9.16. The predicted molar refractivity (Wildman–Crippen MR) is 101 cm³/mol. The molecule has 1 atom stereocenters. The third-order valence-corrected chi connectivity index (χ3v) is 4.75. The van der Waals surface area contributed by atoms with Crippen molar-refractivity contribution in [2.75, 3.05) is 6.61 Å². The topological polar surface area (TPSA) is 47.6 Å². The standard InChI is InChI=1S/C19H19BrClNO3/c1-19(2)10-15(13-5-3-4-6-16(13)25-19)22-18(23)11-24-17-8-7-12(20)9-14(17)21/h3-9,15H,10-11H2,1-2H3,(H,22,23)/t15-/m0/s1. The molecule has 0 aromatic heterocycles. The van der Waals surface area contributed by atoms with E-state index >= 15 is 0 Å². The molecular formula is C19H19BrClNO3. The van der Waals surface area contributed by atoms with Crippen LogP contribution >= 0.6 is 27.5 Å². The summed E-state index contributed by atoms with van der Waals surface area (Å²) in [4.78, 5) is 12.4. The maximum atomic E-state index is 12.4. The highest BCUT2D eigenvalue weighted by molar-refractivity contribution is 9.10. The summed E-state index contributed by atoms with van der Waals surface area (Å²) in [5.41, 5.74) is 0.638. The van der Waals surface area contributed by atoms with Gasteiger partial charge in [0.05, 0.1) is 11.1 Å². The summed E-state index contributed by atoms with van der Waals surface area (Å²) in [5.74, 6) is 1.09. The number of ether oxygens (including phenoxy) is 2. The van der Waals surface area contributed by atoms with Gasteiger partial charge in [0.25, 0.3) is 5.91 Å². The normalized spacial score (nSPS) is 18.0. The lowest BCUT2D eigenvalue weighted by Crippen LogP contribution is -2.42. The molecule has 0 aliphatic carbocycles. The number of amides is 1. The minimum Gasteiger partial charge on any atom is -0.487 e. The van der Waals surface area contributed by atoms with E-state index in [1.165, 1.54) is 0 Å². The number of fused-ring (bicyclic) bond motifs is 1. The van der Waals surface area contributed by atoms with Crippen LogP contribution in [0.1, 0.15) is 31.9 Å². The van der Waals surface area contributed by atoms with Gasteiger partial charge in [-0.3, -0.25) is 4.79 Å². The maximum absolute atomic E-state index is 12.4. The highest BCUT2D eigenvalue weighted by Crippen LogP contribution is 2.39. The van der Waals surface area contributed by atoms with Crippen LogP contribution in [0.4, 0.5) is 0 Å². The number of rotatable bonds is 4. The predicted octanol–water partition coefficient (Wildman–Crippen LogP) is 4.90. The number of nitrogens with one attached hydrogen (secondary N) is 1. The summed E-state index contributed by atoms with van der Waals surface area (Å²) < 4.78 is 12.4. The molecule has 0 bridgehead atoms. The number of carbonyl (C=O) groups excluding carboxylic acids is 1. The number of hydrogen-bond acceptors (Lipinski definition) is 3. The fraction of sp³-hybridized carbons (Fsp3) is 0.316. The van der Waals surface area contributed by atoms with Gasteiger partial charge < -0.3 is 14.8 Å². The molecule has 25 heavy (non-hydrogen) atoms. The van der Waals surface area contributed by atoms with Gasteiger partial charge in [0, 0.05) is 16.5 Å². The molecular weight excluding hydrogens is 406 g/mol. The summed E-state index contributed by atoms with van der Waals surface area (Å²) in [6.45, 7) is 3.93. The average Bonchev–Trinajstić information content (AvgIpc) is 2.53. The minimum atomic E-state index is -0.345. The molecule has 3 rings (SSSR count). The number of hydrogen-bond donors (Lipinski definition) is 1. The van der Waals surface area contributed by atoms with Crippen molar-refractivity contribution in [3.8, 4) is 11.5 Å². The second-order valence-electron chi connectivity index (χ2n) is 6.59. The molecule has 2 aromatic rings. The summed E-state index contributed by atoms with van der Waals surface area (Å²) in [6, 6.07) is 12.9. The quantitative estimate of drug-likeness (QED) is 0.759. The third kappa shape index (κ3) is 4.47. The molecule has 0 fully saturated rings. The van der Waals surface area contributed by atoms with Crippen LogP contribution in [0.5, 0.6) is 11.5 Å². The van der Waals surface area contributed by atoms with Gasteiger partial charge in [-0.2, -0.15) is 0 Å². The van der Waals surface area contributed by atoms with Crippen LogP contribution in [0.15, 0.2) is 46.9 Å². The molecule has 0 saturated heterocycles. The number of benzene rings is 2. The van der Waals surface area contributed by atoms with Crippen molar-refractivity contribution in [2.45, 2.75) is 31.9 Å². The Bertz CT molecular complexity index is 794. The average molecular weight is 425 g/mol. The zero-order valence-electron chi connectivity index (χ0n) is 14.0. The molecule has 1 amide bonds. The number of halogens is 2. The Labute approximate surface area is 160 Å². The van der Waals surface area contributed by atoms with Crippen molar-refractivity contribution < 1.29 is 14.3 Å².